The zero-order valence-corrected chi connectivity index (χ0v) is 8.14. The second-order valence-corrected chi connectivity index (χ2v) is 3.67. The summed E-state index contributed by atoms with van der Waals surface area (Å²) >= 11 is 3.40. The number of hydrogen-bond acceptors (Lipinski definition) is 2. The van der Waals surface area contributed by atoms with Crippen LogP contribution in [0.1, 0.15) is 5.56 Å². The predicted molar refractivity (Wildman–Crippen MR) is 52.9 cm³/mol. The summed E-state index contributed by atoms with van der Waals surface area (Å²) in [6.07, 6.45) is 0. The summed E-state index contributed by atoms with van der Waals surface area (Å²) < 4.78 is 1.03. The van der Waals surface area contributed by atoms with Crippen LogP contribution in [0.25, 0.3) is 10.9 Å². The van der Waals surface area contributed by atoms with E-state index in [9.17, 15) is 0 Å². The monoisotopic (exact) mass is 225 g/mol. The molecule has 12 heavy (non-hydrogen) atoms. The lowest BCUT2D eigenvalue weighted by Gasteiger charge is -1.96. The molecule has 0 fully saturated rings. The van der Waals surface area contributed by atoms with E-state index in [-0.39, 0.29) is 0 Å². The number of benzene rings is 1. The largest absolute Gasteiger partial charge is 0.382 e. The number of aryl methyl sites for hydroxylation is 1. The molecule has 3 nitrogen and oxygen atoms in total. The topological polar surface area (TPSA) is 54.7 Å². The molecule has 0 amide bonds. The Balaban J connectivity index is 2.92. The fraction of sp³-hybridized carbons (Fsp3) is 0.125. The molecule has 1 aromatic carbocycles. The van der Waals surface area contributed by atoms with Crippen molar-refractivity contribution in [3.8, 4) is 0 Å². The van der Waals surface area contributed by atoms with E-state index in [0.717, 1.165) is 20.9 Å². The first kappa shape index (κ1) is 7.61. The van der Waals surface area contributed by atoms with Gasteiger partial charge in [-0.2, -0.15) is 5.10 Å². The standard InChI is InChI=1S/C8H8BrN3/c1-4-2-5(9)3-6-7(4)11-12-8(6)10/h2-3H,1H3,(H3,10,11,12). The molecular weight excluding hydrogens is 218 g/mol. The Bertz CT molecular complexity index is 433. The van der Waals surface area contributed by atoms with Crippen molar-refractivity contribution >= 4 is 32.7 Å². The fourth-order valence-electron chi connectivity index (χ4n) is 1.27. The number of halogens is 1. The van der Waals surface area contributed by atoms with E-state index in [1.54, 1.807) is 0 Å². The third-order valence-corrected chi connectivity index (χ3v) is 2.32. The number of fused-ring (bicyclic) bond motifs is 1. The second-order valence-electron chi connectivity index (χ2n) is 2.75. The fourth-order valence-corrected chi connectivity index (χ4v) is 1.84. The first-order chi connectivity index (χ1) is 5.68. The van der Waals surface area contributed by atoms with Crippen LogP contribution in [0.15, 0.2) is 16.6 Å². The lowest BCUT2D eigenvalue weighted by atomic mass is 10.2. The highest BCUT2D eigenvalue weighted by molar-refractivity contribution is 9.10. The molecule has 0 saturated carbocycles. The number of nitrogens with two attached hydrogens (primary N) is 1. The molecule has 0 spiro atoms. The van der Waals surface area contributed by atoms with Gasteiger partial charge >= 0.3 is 0 Å². The molecule has 0 unspecified atom stereocenters. The molecule has 0 bridgehead atoms. The number of aromatic nitrogens is 2. The van der Waals surface area contributed by atoms with Crippen LogP contribution in [0.2, 0.25) is 0 Å². The molecule has 2 aromatic rings. The van der Waals surface area contributed by atoms with E-state index in [1.165, 1.54) is 0 Å². The Kier molecular flexibility index (Phi) is 1.58. The van der Waals surface area contributed by atoms with Crippen LogP contribution in [0, 0.1) is 6.92 Å². The zero-order chi connectivity index (χ0) is 8.72. The molecule has 0 saturated heterocycles. The van der Waals surface area contributed by atoms with Crippen molar-refractivity contribution in [2.45, 2.75) is 6.92 Å². The summed E-state index contributed by atoms with van der Waals surface area (Å²) in [6.45, 7) is 2.02. The van der Waals surface area contributed by atoms with Gasteiger partial charge in [0.15, 0.2) is 5.82 Å². The van der Waals surface area contributed by atoms with Crippen molar-refractivity contribution in [2.24, 2.45) is 0 Å². The van der Waals surface area contributed by atoms with E-state index in [2.05, 4.69) is 26.1 Å². The van der Waals surface area contributed by atoms with Gasteiger partial charge in [-0.05, 0) is 24.6 Å². The maximum Gasteiger partial charge on any atom is 0.153 e. The highest BCUT2D eigenvalue weighted by Crippen LogP contribution is 2.25. The van der Waals surface area contributed by atoms with Gasteiger partial charge in [0.05, 0.1) is 5.52 Å². The van der Waals surface area contributed by atoms with Crippen molar-refractivity contribution < 1.29 is 0 Å². The van der Waals surface area contributed by atoms with E-state index < -0.39 is 0 Å². The van der Waals surface area contributed by atoms with Gasteiger partial charge in [-0.1, -0.05) is 15.9 Å². The highest BCUT2D eigenvalue weighted by Gasteiger charge is 2.04. The summed E-state index contributed by atoms with van der Waals surface area (Å²) in [5.74, 6) is 0.550. The SMILES string of the molecule is Cc1cc(Br)cc2c(N)n[nH]c12. The minimum Gasteiger partial charge on any atom is -0.382 e. The summed E-state index contributed by atoms with van der Waals surface area (Å²) in [6, 6.07) is 3.99. The number of anilines is 1. The number of aromatic amines is 1. The predicted octanol–water partition coefficient (Wildman–Crippen LogP) is 2.22. The molecule has 0 atom stereocenters. The molecule has 2 rings (SSSR count). The minimum absolute atomic E-state index is 0.550. The number of hydrogen-bond donors (Lipinski definition) is 2. The maximum absolute atomic E-state index is 5.65. The Morgan fingerprint density at radius 3 is 3.00 bits per heavy atom. The van der Waals surface area contributed by atoms with Crippen LogP contribution < -0.4 is 5.73 Å². The normalized spacial score (nSPS) is 10.8. The van der Waals surface area contributed by atoms with Gasteiger partial charge in [0.2, 0.25) is 0 Å². The van der Waals surface area contributed by atoms with Gasteiger partial charge in [-0.25, -0.2) is 0 Å². The summed E-state index contributed by atoms with van der Waals surface area (Å²) in [5, 5.41) is 7.79. The Morgan fingerprint density at radius 2 is 2.25 bits per heavy atom. The van der Waals surface area contributed by atoms with E-state index in [1.807, 2.05) is 19.1 Å². The molecule has 62 valence electrons. The van der Waals surface area contributed by atoms with Crippen molar-refractivity contribution in [2.75, 3.05) is 5.73 Å². The van der Waals surface area contributed by atoms with Crippen molar-refractivity contribution in [3.05, 3.63) is 22.2 Å². The third kappa shape index (κ3) is 0.992. The van der Waals surface area contributed by atoms with E-state index in [4.69, 9.17) is 5.73 Å². The zero-order valence-electron chi connectivity index (χ0n) is 6.56. The Hall–Kier alpha value is -1.03. The van der Waals surface area contributed by atoms with Crippen LogP contribution in [-0.2, 0) is 0 Å². The van der Waals surface area contributed by atoms with Gasteiger partial charge in [-0.15, -0.1) is 0 Å². The lowest BCUT2D eigenvalue weighted by Crippen LogP contribution is -1.83. The molecule has 0 aliphatic carbocycles. The molecule has 4 heteroatoms. The summed E-state index contributed by atoms with van der Waals surface area (Å²) in [7, 11) is 0. The van der Waals surface area contributed by atoms with Crippen LogP contribution in [0.3, 0.4) is 0 Å². The summed E-state index contributed by atoms with van der Waals surface area (Å²) in [5.41, 5.74) is 7.80. The lowest BCUT2D eigenvalue weighted by molar-refractivity contribution is 1.12. The smallest absolute Gasteiger partial charge is 0.153 e. The van der Waals surface area contributed by atoms with Crippen molar-refractivity contribution in [1.29, 1.82) is 0 Å². The first-order valence-corrected chi connectivity index (χ1v) is 4.37. The van der Waals surface area contributed by atoms with Crippen LogP contribution in [-0.4, -0.2) is 10.2 Å². The number of nitrogens with zero attached hydrogens (tertiary/aromatic N) is 1. The maximum atomic E-state index is 5.65. The van der Waals surface area contributed by atoms with Crippen LogP contribution >= 0.6 is 15.9 Å². The van der Waals surface area contributed by atoms with Crippen LogP contribution in [0.4, 0.5) is 5.82 Å². The van der Waals surface area contributed by atoms with Crippen LogP contribution in [0.5, 0.6) is 0 Å². The molecule has 0 aliphatic heterocycles. The van der Waals surface area contributed by atoms with Gasteiger partial charge in [0, 0.05) is 9.86 Å². The van der Waals surface area contributed by atoms with Gasteiger partial charge in [0.25, 0.3) is 0 Å². The van der Waals surface area contributed by atoms with Crippen molar-refractivity contribution in [3.63, 3.8) is 0 Å². The number of H-pyrrole nitrogens is 1. The minimum atomic E-state index is 0.550. The molecule has 1 heterocycles. The number of rotatable bonds is 0. The second kappa shape index (κ2) is 2.48. The summed E-state index contributed by atoms with van der Waals surface area (Å²) in [4.78, 5) is 0. The molecular formula is C8H8BrN3. The average Bonchev–Trinajstić information content (AvgIpc) is 2.33. The quantitative estimate of drug-likeness (QED) is 0.723. The van der Waals surface area contributed by atoms with Gasteiger partial charge in [-0.3, -0.25) is 5.10 Å². The molecule has 0 radical (unpaired) electrons. The van der Waals surface area contributed by atoms with Crippen molar-refractivity contribution in [1.82, 2.24) is 10.2 Å². The molecule has 3 N–H and O–H groups in total. The molecule has 0 aliphatic rings. The molecule has 1 aromatic heterocycles. The first-order valence-electron chi connectivity index (χ1n) is 3.58. The average molecular weight is 226 g/mol. The highest BCUT2D eigenvalue weighted by atomic mass is 79.9. The Morgan fingerprint density at radius 1 is 1.50 bits per heavy atom. The Labute approximate surface area is 78.1 Å². The van der Waals surface area contributed by atoms with E-state index >= 15 is 0 Å². The van der Waals surface area contributed by atoms with Gasteiger partial charge in [0.1, 0.15) is 0 Å². The van der Waals surface area contributed by atoms with Gasteiger partial charge < -0.3 is 5.73 Å². The number of nitrogens with one attached hydrogen (secondary N) is 1. The van der Waals surface area contributed by atoms with E-state index in [0.29, 0.717) is 5.82 Å². The third-order valence-electron chi connectivity index (χ3n) is 1.86. The number of nitrogen functional groups attached to an aromatic ring is 1.